The number of benzene rings is 1. The molecule has 0 amide bonds. The van der Waals surface area contributed by atoms with Gasteiger partial charge in [-0.1, -0.05) is 51.1 Å². The molecule has 0 saturated carbocycles. The van der Waals surface area contributed by atoms with Gasteiger partial charge in [-0.15, -0.1) is 0 Å². The number of hydrogen-bond donors (Lipinski definition) is 0. The van der Waals surface area contributed by atoms with Crippen molar-refractivity contribution in [3.8, 4) is 0 Å². The van der Waals surface area contributed by atoms with E-state index in [2.05, 4.69) is 76.1 Å². The average Bonchev–Trinajstić information content (AvgIpc) is 2.44. The summed E-state index contributed by atoms with van der Waals surface area (Å²) in [4.78, 5) is 2.47. The van der Waals surface area contributed by atoms with Crippen LogP contribution in [0.3, 0.4) is 0 Å². The second kappa shape index (κ2) is 6.86. The molecule has 0 N–H and O–H groups in total. The maximum absolute atomic E-state index is 6.48. The number of rotatable bonds is 4. The standard InChI is InChI=1S/C19H33NOSi/c1-19(2,3)22(5,6)21-15-16-12-18(14-20(4)13-16)17-10-8-7-9-11-17/h7-11,16,18H,12-15H2,1-6H3/t16-,18+/m0/s1. The monoisotopic (exact) mass is 319 g/mol. The Morgan fingerprint density at radius 2 is 1.77 bits per heavy atom. The largest absolute Gasteiger partial charge is 0.416 e. The molecule has 1 aliphatic rings. The van der Waals surface area contributed by atoms with Gasteiger partial charge in [0.15, 0.2) is 8.32 Å². The molecule has 1 aromatic carbocycles. The molecule has 0 unspecified atom stereocenters. The summed E-state index contributed by atoms with van der Waals surface area (Å²) in [5.74, 6) is 1.30. The topological polar surface area (TPSA) is 12.5 Å². The van der Waals surface area contributed by atoms with E-state index in [0.29, 0.717) is 16.9 Å². The zero-order chi connectivity index (χ0) is 16.4. The fourth-order valence-electron chi connectivity index (χ4n) is 3.07. The molecule has 1 aliphatic heterocycles. The predicted molar refractivity (Wildman–Crippen MR) is 97.9 cm³/mol. The summed E-state index contributed by atoms with van der Waals surface area (Å²) in [6.45, 7) is 14.9. The third kappa shape index (κ3) is 4.43. The van der Waals surface area contributed by atoms with Crippen LogP contribution in [0, 0.1) is 5.92 Å². The van der Waals surface area contributed by atoms with Crippen molar-refractivity contribution in [2.75, 3.05) is 26.7 Å². The van der Waals surface area contributed by atoms with Gasteiger partial charge in [-0.25, -0.2) is 0 Å². The van der Waals surface area contributed by atoms with Gasteiger partial charge in [-0.05, 0) is 49.0 Å². The van der Waals surface area contributed by atoms with Crippen LogP contribution in [0.1, 0.15) is 38.7 Å². The van der Waals surface area contributed by atoms with Crippen molar-refractivity contribution in [3.05, 3.63) is 35.9 Å². The molecule has 1 fully saturated rings. The average molecular weight is 320 g/mol. The van der Waals surface area contributed by atoms with Crippen molar-refractivity contribution in [2.24, 2.45) is 5.92 Å². The molecular formula is C19H33NOSi. The van der Waals surface area contributed by atoms with Crippen LogP contribution in [0.5, 0.6) is 0 Å². The van der Waals surface area contributed by atoms with E-state index in [4.69, 9.17) is 4.43 Å². The number of likely N-dealkylation sites (tertiary alicyclic amines) is 1. The number of likely N-dealkylation sites (N-methyl/N-ethyl adjacent to an activating group) is 1. The summed E-state index contributed by atoms with van der Waals surface area (Å²) in [5, 5.41) is 0.298. The van der Waals surface area contributed by atoms with Crippen molar-refractivity contribution in [1.82, 2.24) is 4.90 Å². The molecule has 0 spiro atoms. The smallest absolute Gasteiger partial charge is 0.191 e. The third-order valence-corrected chi connectivity index (χ3v) is 9.98. The lowest BCUT2D eigenvalue weighted by atomic mass is 9.85. The van der Waals surface area contributed by atoms with E-state index in [-0.39, 0.29) is 0 Å². The highest BCUT2D eigenvalue weighted by Crippen LogP contribution is 2.38. The molecule has 1 saturated heterocycles. The lowest BCUT2D eigenvalue weighted by molar-refractivity contribution is 0.128. The van der Waals surface area contributed by atoms with Gasteiger partial charge in [0.2, 0.25) is 0 Å². The molecule has 2 rings (SSSR count). The Kier molecular flexibility index (Phi) is 5.52. The van der Waals surface area contributed by atoms with E-state index in [1.807, 2.05) is 0 Å². The molecule has 1 aromatic rings. The Hall–Kier alpha value is -0.643. The van der Waals surface area contributed by atoms with Crippen molar-refractivity contribution in [2.45, 2.75) is 51.2 Å². The molecule has 0 bridgehead atoms. The first-order valence-electron chi connectivity index (χ1n) is 8.56. The van der Waals surface area contributed by atoms with Crippen LogP contribution in [0.15, 0.2) is 30.3 Å². The van der Waals surface area contributed by atoms with Crippen molar-refractivity contribution >= 4 is 8.32 Å². The molecule has 2 atom stereocenters. The second-order valence-electron chi connectivity index (χ2n) is 8.50. The molecule has 0 radical (unpaired) electrons. The Bertz CT molecular complexity index is 466. The highest BCUT2D eigenvalue weighted by molar-refractivity contribution is 6.74. The first-order chi connectivity index (χ1) is 10.2. The van der Waals surface area contributed by atoms with Gasteiger partial charge in [0.05, 0.1) is 0 Å². The van der Waals surface area contributed by atoms with Crippen LogP contribution in [0.4, 0.5) is 0 Å². The third-order valence-electron chi connectivity index (χ3n) is 5.48. The van der Waals surface area contributed by atoms with E-state index in [0.717, 1.165) is 13.2 Å². The summed E-state index contributed by atoms with van der Waals surface area (Å²) in [7, 11) is 0.614. The minimum Gasteiger partial charge on any atom is -0.416 e. The lowest BCUT2D eigenvalue weighted by Crippen LogP contribution is -2.45. The lowest BCUT2D eigenvalue weighted by Gasteiger charge is -2.40. The number of hydrogen-bond acceptors (Lipinski definition) is 2. The van der Waals surface area contributed by atoms with Crippen LogP contribution >= 0.6 is 0 Å². The summed E-state index contributed by atoms with van der Waals surface area (Å²) < 4.78 is 6.48. The summed E-state index contributed by atoms with van der Waals surface area (Å²) >= 11 is 0. The highest BCUT2D eigenvalue weighted by atomic mass is 28.4. The first-order valence-corrected chi connectivity index (χ1v) is 11.5. The zero-order valence-corrected chi connectivity index (χ0v) is 16.2. The van der Waals surface area contributed by atoms with E-state index in [1.165, 1.54) is 18.5 Å². The normalized spacial score (nSPS) is 24.5. The van der Waals surface area contributed by atoms with E-state index in [9.17, 15) is 0 Å². The van der Waals surface area contributed by atoms with Gasteiger partial charge in [0.25, 0.3) is 0 Å². The number of piperidine rings is 1. The van der Waals surface area contributed by atoms with Gasteiger partial charge >= 0.3 is 0 Å². The highest BCUT2D eigenvalue weighted by Gasteiger charge is 2.38. The Balaban J connectivity index is 1.97. The molecule has 124 valence electrons. The van der Waals surface area contributed by atoms with Crippen LogP contribution in [-0.2, 0) is 4.43 Å². The van der Waals surface area contributed by atoms with Crippen LogP contribution < -0.4 is 0 Å². The summed E-state index contributed by atoms with van der Waals surface area (Å²) in [5.41, 5.74) is 1.48. The molecule has 3 heteroatoms. The Morgan fingerprint density at radius 3 is 2.36 bits per heavy atom. The minimum absolute atomic E-state index is 0.298. The van der Waals surface area contributed by atoms with Crippen LogP contribution in [0.25, 0.3) is 0 Å². The predicted octanol–water partition coefficient (Wildman–Crippen LogP) is 4.74. The molecule has 0 aliphatic carbocycles. The maximum atomic E-state index is 6.48. The van der Waals surface area contributed by atoms with Gasteiger partial charge < -0.3 is 9.33 Å². The van der Waals surface area contributed by atoms with Crippen molar-refractivity contribution in [1.29, 1.82) is 0 Å². The molecule has 1 heterocycles. The van der Waals surface area contributed by atoms with Gasteiger partial charge in [0, 0.05) is 19.7 Å². The quantitative estimate of drug-likeness (QED) is 0.743. The minimum atomic E-state index is -1.63. The molecule has 22 heavy (non-hydrogen) atoms. The van der Waals surface area contributed by atoms with Crippen LogP contribution in [0.2, 0.25) is 18.1 Å². The first kappa shape index (κ1) is 17.7. The van der Waals surface area contributed by atoms with Crippen molar-refractivity contribution < 1.29 is 4.43 Å². The Morgan fingerprint density at radius 1 is 1.14 bits per heavy atom. The Labute approximate surface area is 138 Å². The SMILES string of the molecule is CN1C[C@@H](CO[Si](C)(C)C(C)(C)C)C[C@@H](c2ccccc2)C1. The van der Waals surface area contributed by atoms with Gasteiger partial charge in [-0.3, -0.25) is 0 Å². The fourth-order valence-corrected chi connectivity index (χ4v) is 4.16. The summed E-state index contributed by atoms with van der Waals surface area (Å²) in [6, 6.07) is 11.0. The second-order valence-corrected chi connectivity index (χ2v) is 13.3. The fraction of sp³-hybridized carbons (Fsp3) is 0.684. The van der Waals surface area contributed by atoms with Crippen LogP contribution in [-0.4, -0.2) is 40.0 Å². The molecule has 0 aromatic heterocycles. The summed E-state index contributed by atoms with van der Waals surface area (Å²) in [6.07, 6.45) is 1.25. The molecular weight excluding hydrogens is 286 g/mol. The van der Waals surface area contributed by atoms with E-state index >= 15 is 0 Å². The number of nitrogens with zero attached hydrogens (tertiary/aromatic N) is 1. The van der Waals surface area contributed by atoms with Gasteiger partial charge in [-0.2, -0.15) is 0 Å². The van der Waals surface area contributed by atoms with Crippen molar-refractivity contribution in [3.63, 3.8) is 0 Å². The molecule has 2 nitrogen and oxygen atoms in total. The van der Waals surface area contributed by atoms with E-state index in [1.54, 1.807) is 0 Å². The maximum Gasteiger partial charge on any atom is 0.191 e. The zero-order valence-electron chi connectivity index (χ0n) is 15.2. The van der Waals surface area contributed by atoms with Gasteiger partial charge in [0.1, 0.15) is 0 Å². The van der Waals surface area contributed by atoms with E-state index < -0.39 is 8.32 Å².